The number of carbonyl (C=O) groups is 1. The molecule has 1 aromatic heterocycles. The van der Waals surface area contributed by atoms with Crippen LogP contribution in [-0.4, -0.2) is 41.2 Å². The van der Waals surface area contributed by atoms with Gasteiger partial charge in [0.15, 0.2) is 0 Å². The first-order valence-corrected chi connectivity index (χ1v) is 8.81. The van der Waals surface area contributed by atoms with Gasteiger partial charge in [-0.3, -0.25) is 4.79 Å². The summed E-state index contributed by atoms with van der Waals surface area (Å²) in [5, 5.41) is 0.952. The van der Waals surface area contributed by atoms with E-state index in [-0.39, 0.29) is 12.0 Å². The quantitative estimate of drug-likeness (QED) is 0.807. The standard InChI is InChI=1S/C18H20N2O2S/c1-2-23-17-9-8-15(12-19-17)18(21)20-10-11-22-16(13-20)14-6-4-3-5-7-14/h3-9,12,16H,2,10-11,13H2,1H3/t16-/m0/s1. The van der Waals surface area contributed by atoms with Crippen LogP contribution in [-0.2, 0) is 4.74 Å². The molecule has 1 aliphatic heterocycles. The van der Waals surface area contributed by atoms with Crippen LogP contribution in [0, 0.1) is 0 Å². The summed E-state index contributed by atoms with van der Waals surface area (Å²) in [7, 11) is 0. The SMILES string of the molecule is CCSc1ccc(C(=O)N2CCO[C@H](c3ccccc3)C2)cn1. The maximum atomic E-state index is 12.7. The second-order valence-electron chi connectivity index (χ2n) is 5.34. The Kier molecular flexibility index (Phi) is 5.31. The molecule has 0 saturated carbocycles. The summed E-state index contributed by atoms with van der Waals surface area (Å²) < 4.78 is 5.82. The van der Waals surface area contributed by atoms with Crippen LogP contribution in [0.5, 0.6) is 0 Å². The molecule has 1 aromatic carbocycles. The van der Waals surface area contributed by atoms with Crippen molar-refractivity contribution in [3.8, 4) is 0 Å². The van der Waals surface area contributed by atoms with Gasteiger partial charge in [0.2, 0.25) is 0 Å². The Morgan fingerprint density at radius 1 is 1.30 bits per heavy atom. The van der Waals surface area contributed by atoms with Gasteiger partial charge in [-0.1, -0.05) is 37.3 Å². The summed E-state index contributed by atoms with van der Waals surface area (Å²) in [4.78, 5) is 18.9. The summed E-state index contributed by atoms with van der Waals surface area (Å²) in [6, 6.07) is 13.8. The Hall–Kier alpha value is -1.85. The lowest BCUT2D eigenvalue weighted by Crippen LogP contribution is -2.42. The number of aromatic nitrogens is 1. The number of thioether (sulfide) groups is 1. The maximum absolute atomic E-state index is 12.7. The van der Waals surface area contributed by atoms with E-state index in [4.69, 9.17) is 4.74 Å². The molecule has 0 radical (unpaired) electrons. The monoisotopic (exact) mass is 328 g/mol. The van der Waals surface area contributed by atoms with Crippen molar-refractivity contribution in [1.29, 1.82) is 0 Å². The van der Waals surface area contributed by atoms with Gasteiger partial charge in [0.05, 0.1) is 23.7 Å². The highest BCUT2D eigenvalue weighted by Crippen LogP contribution is 2.23. The molecule has 1 aliphatic rings. The van der Waals surface area contributed by atoms with Gasteiger partial charge in [-0.25, -0.2) is 4.98 Å². The van der Waals surface area contributed by atoms with E-state index in [0.717, 1.165) is 16.3 Å². The minimum absolute atomic E-state index is 0.0229. The Labute approximate surface area is 140 Å². The predicted octanol–water partition coefficient (Wildman–Crippen LogP) is 3.41. The lowest BCUT2D eigenvalue weighted by Gasteiger charge is -2.33. The van der Waals surface area contributed by atoms with Gasteiger partial charge in [0, 0.05) is 12.7 Å². The first-order valence-electron chi connectivity index (χ1n) is 7.82. The molecule has 2 aromatic rings. The van der Waals surface area contributed by atoms with Crippen molar-refractivity contribution >= 4 is 17.7 Å². The van der Waals surface area contributed by atoms with Crippen molar-refractivity contribution in [1.82, 2.24) is 9.88 Å². The molecule has 3 rings (SSSR count). The molecule has 23 heavy (non-hydrogen) atoms. The minimum Gasteiger partial charge on any atom is -0.370 e. The summed E-state index contributed by atoms with van der Waals surface area (Å²) in [5.41, 5.74) is 1.75. The number of hydrogen-bond acceptors (Lipinski definition) is 4. The van der Waals surface area contributed by atoms with Gasteiger partial charge in [-0.2, -0.15) is 0 Å². The Bertz CT molecular complexity index is 646. The van der Waals surface area contributed by atoms with E-state index in [1.54, 1.807) is 18.0 Å². The van der Waals surface area contributed by atoms with Crippen LogP contribution in [0.4, 0.5) is 0 Å². The molecule has 0 unspecified atom stereocenters. The number of carbonyl (C=O) groups excluding carboxylic acids is 1. The van der Waals surface area contributed by atoms with Crippen LogP contribution in [0.2, 0.25) is 0 Å². The molecule has 120 valence electrons. The number of amides is 1. The number of hydrogen-bond donors (Lipinski definition) is 0. The molecule has 1 atom stereocenters. The molecule has 5 heteroatoms. The zero-order chi connectivity index (χ0) is 16.1. The van der Waals surface area contributed by atoms with Crippen molar-refractivity contribution in [2.75, 3.05) is 25.4 Å². The molecular formula is C18H20N2O2S. The number of rotatable bonds is 4. The highest BCUT2D eigenvalue weighted by molar-refractivity contribution is 7.99. The fourth-order valence-electron chi connectivity index (χ4n) is 2.63. The summed E-state index contributed by atoms with van der Waals surface area (Å²) >= 11 is 1.67. The highest BCUT2D eigenvalue weighted by atomic mass is 32.2. The van der Waals surface area contributed by atoms with E-state index in [0.29, 0.717) is 25.3 Å². The topological polar surface area (TPSA) is 42.4 Å². The van der Waals surface area contributed by atoms with Gasteiger partial charge in [-0.05, 0) is 23.4 Å². The average Bonchev–Trinajstić information content (AvgIpc) is 2.63. The molecule has 1 amide bonds. The number of pyridine rings is 1. The first kappa shape index (κ1) is 16.0. The lowest BCUT2D eigenvalue weighted by atomic mass is 10.1. The van der Waals surface area contributed by atoms with Gasteiger partial charge >= 0.3 is 0 Å². The highest BCUT2D eigenvalue weighted by Gasteiger charge is 2.26. The van der Waals surface area contributed by atoms with Gasteiger partial charge in [-0.15, -0.1) is 11.8 Å². The third-order valence-electron chi connectivity index (χ3n) is 3.80. The Balaban J connectivity index is 1.69. The molecule has 0 N–H and O–H groups in total. The van der Waals surface area contributed by atoms with Crippen LogP contribution in [0.3, 0.4) is 0 Å². The Morgan fingerprint density at radius 3 is 2.83 bits per heavy atom. The minimum atomic E-state index is -0.0585. The molecule has 1 fully saturated rings. The molecular weight excluding hydrogens is 308 g/mol. The number of benzene rings is 1. The first-order chi connectivity index (χ1) is 11.3. The average molecular weight is 328 g/mol. The van der Waals surface area contributed by atoms with Crippen molar-refractivity contribution in [2.45, 2.75) is 18.1 Å². The second-order valence-corrected chi connectivity index (χ2v) is 6.62. The van der Waals surface area contributed by atoms with Crippen molar-refractivity contribution in [3.05, 3.63) is 59.8 Å². The molecule has 0 spiro atoms. The van der Waals surface area contributed by atoms with E-state index in [1.165, 1.54) is 0 Å². The van der Waals surface area contributed by atoms with E-state index in [1.807, 2.05) is 47.4 Å². The zero-order valence-corrected chi connectivity index (χ0v) is 14.0. The van der Waals surface area contributed by atoms with Gasteiger partial charge in [0.1, 0.15) is 6.10 Å². The van der Waals surface area contributed by atoms with Crippen molar-refractivity contribution < 1.29 is 9.53 Å². The van der Waals surface area contributed by atoms with Crippen molar-refractivity contribution in [2.24, 2.45) is 0 Å². The van der Waals surface area contributed by atoms with Gasteiger partial charge in [0.25, 0.3) is 5.91 Å². The normalized spacial score (nSPS) is 18.0. The largest absolute Gasteiger partial charge is 0.370 e. The Morgan fingerprint density at radius 2 is 2.13 bits per heavy atom. The summed E-state index contributed by atoms with van der Waals surface area (Å²) in [6.07, 6.45) is 1.62. The third-order valence-corrected chi connectivity index (χ3v) is 4.63. The maximum Gasteiger partial charge on any atom is 0.255 e. The summed E-state index contributed by atoms with van der Waals surface area (Å²) in [5.74, 6) is 0.998. The smallest absolute Gasteiger partial charge is 0.255 e. The van der Waals surface area contributed by atoms with Crippen LogP contribution in [0.25, 0.3) is 0 Å². The fraction of sp³-hybridized carbons (Fsp3) is 0.333. The van der Waals surface area contributed by atoms with Crippen molar-refractivity contribution in [3.63, 3.8) is 0 Å². The summed E-state index contributed by atoms with van der Waals surface area (Å²) in [6.45, 7) is 3.84. The van der Waals surface area contributed by atoms with E-state index in [2.05, 4.69) is 11.9 Å². The third kappa shape index (κ3) is 3.92. The lowest BCUT2D eigenvalue weighted by molar-refractivity contribution is -0.0228. The number of nitrogens with zero attached hydrogens (tertiary/aromatic N) is 2. The fourth-order valence-corrected chi connectivity index (χ4v) is 3.21. The molecule has 0 aliphatic carbocycles. The van der Waals surface area contributed by atoms with Crippen LogP contribution >= 0.6 is 11.8 Å². The zero-order valence-electron chi connectivity index (χ0n) is 13.1. The van der Waals surface area contributed by atoms with Crippen LogP contribution in [0.15, 0.2) is 53.7 Å². The van der Waals surface area contributed by atoms with Crippen LogP contribution < -0.4 is 0 Å². The number of ether oxygens (including phenoxy) is 1. The van der Waals surface area contributed by atoms with Crippen LogP contribution in [0.1, 0.15) is 28.9 Å². The molecule has 1 saturated heterocycles. The van der Waals surface area contributed by atoms with Gasteiger partial charge < -0.3 is 9.64 Å². The number of morpholine rings is 1. The van der Waals surface area contributed by atoms with E-state index in [9.17, 15) is 4.79 Å². The molecule has 0 bridgehead atoms. The van der Waals surface area contributed by atoms with E-state index >= 15 is 0 Å². The molecule has 4 nitrogen and oxygen atoms in total. The van der Waals surface area contributed by atoms with E-state index < -0.39 is 0 Å². The molecule has 2 heterocycles. The second kappa shape index (κ2) is 7.62. The predicted molar refractivity (Wildman–Crippen MR) is 91.7 cm³/mol.